The lowest BCUT2D eigenvalue weighted by atomic mass is 10.1. The summed E-state index contributed by atoms with van der Waals surface area (Å²) in [6.07, 6.45) is 1.35. The van der Waals surface area contributed by atoms with E-state index in [-0.39, 0.29) is 6.61 Å². The highest BCUT2D eigenvalue weighted by Crippen LogP contribution is 2.05. The minimum atomic E-state index is 0.0819. The van der Waals surface area contributed by atoms with Gasteiger partial charge in [0.05, 0.1) is 12.7 Å². The van der Waals surface area contributed by atoms with Crippen molar-refractivity contribution in [1.29, 1.82) is 5.26 Å². The third-order valence-corrected chi connectivity index (χ3v) is 1.73. The summed E-state index contributed by atoms with van der Waals surface area (Å²) in [5, 5.41) is 17.1. The number of benzene rings is 1. The number of nitrogens with zero attached hydrogens (tertiary/aromatic N) is 1. The van der Waals surface area contributed by atoms with Crippen molar-refractivity contribution in [2.45, 2.75) is 19.4 Å². The highest BCUT2D eigenvalue weighted by atomic mass is 16.3. The molecule has 1 rings (SSSR count). The van der Waals surface area contributed by atoms with Gasteiger partial charge in [-0.05, 0) is 17.5 Å². The largest absolute Gasteiger partial charge is 0.392 e. The Labute approximate surface area is 72.1 Å². The van der Waals surface area contributed by atoms with E-state index in [1.807, 2.05) is 24.3 Å². The first-order valence-electron chi connectivity index (χ1n) is 3.92. The number of aliphatic hydroxyl groups excluding tert-OH is 1. The maximum absolute atomic E-state index is 8.75. The molecule has 0 aliphatic heterocycles. The summed E-state index contributed by atoms with van der Waals surface area (Å²) < 4.78 is 0. The maximum atomic E-state index is 8.75. The molecule has 1 aromatic rings. The number of hydrogen-bond donors (Lipinski definition) is 1. The van der Waals surface area contributed by atoms with E-state index < -0.39 is 0 Å². The van der Waals surface area contributed by atoms with E-state index in [0.29, 0.717) is 6.42 Å². The van der Waals surface area contributed by atoms with Gasteiger partial charge in [0.2, 0.25) is 0 Å². The van der Waals surface area contributed by atoms with Crippen LogP contribution in [-0.2, 0) is 13.0 Å². The second-order valence-corrected chi connectivity index (χ2v) is 2.63. The molecule has 0 fully saturated rings. The van der Waals surface area contributed by atoms with Crippen LogP contribution in [0.25, 0.3) is 0 Å². The van der Waals surface area contributed by atoms with Gasteiger partial charge in [-0.1, -0.05) is 24.3 Å². The van der Waals surface area contributed by atoms with E-state index in [0.717, 1.165) is 17.5 Å². The summed E-state index contributed by atoms with van der Waals surface area (Å²) in [6, 6.07) is 9.75. The Kier molecular flexibility index (Phi) is 3.31. The smallest absolute Gasteiger partial charge is 0.0681 e. The first-order chi connectivity index (χ1) is 5.86. The lowest BCUT2D eigenvalue weighted by molar-refractivity contribution is 0.282. The average molecular weight is 161 g/mol. The third kappa shape index (κ3) is 2.37. The molecule has 0 atom stereocenters. The number of aliphatic hydroxyl groups is 1. The van der Waals surface area contributed by atoms with Crippen molar-refractivity contribution >= 4 is 0 Å². The van der Waals surface area contributed by atoms with Gasteiger partial charge in [-0.3, -0.25) is 0 Å². The van der Waals surface area contributed by atoms with Gasteiger partial charge in [-0.25, -0.2) is 0 Å². The van der Waals surface area contributed by atoms with Gasteiger partial charge < -0.3 is 5.11 Å². The molecule has 0 heterocycles. The third-order valence-electron chi connectivity index (χ3n) is 1.73. The Balaban J connectivity index is 2.60. The second kappa shape index (κ2) is 4.53. The normalized spacial score (nSPS) is 9.33. The van der Waals surface area contributed by atoms with Crippen LogP contribution in [0.4, 0.5) is 0 Å². The molecule has 1 N–H and O–H groups in total. The topological polar surface area (TPSA) is 44.0 Å². The van der Waals surface area contributed by atoms with Gasteiger partial charge in [0.25, 0.3) is 0 Å². The Morgan fingerprint density at radius 2 is 1.75 bits per heavy atom. The zero-order chi connectivity index (χ0) is 8.81. The van der Waals surface area contributed by atoms with Crippen LogP contribution in [0.1, 0.15) is 17.5 Å². The molecule has 1 aromatic carbocycles. The van der Waals surface area contributed by atoms with Crippen LogP contribution in [0.3, 0.4) is 0 Å². The van der Waals surface area contributed by atoms with Crippen molar-refractivity contribution in [3.05, 3.63) is 35.4 Å². The predicted molar refractivity (Wildman–Crippen MR) is 46.3 cm³/mol. The summed E-state index contributed by atoms with van der Waals surface area (Å²) in [7, 11) is 0. The molecule has 0 bridgehead atoms. The van der Waals surface area contributed by atoms with Gasteiger partial charge in [-0.15, -0.1) is 0 Å². The van der Waals surface area contributed by atoms with Crippen LogP contribution in [0.2, 0.25) is 0 Å². The first-order valence-corrected chi connectivity index (χ1v) is 3.92. The summed E-state index contributed by atoms with van der Waals surface area (Å²) >= 11 is 0. The standard InChI is InChI=1S/C10H11NO/c11-7-1-2-9-3-5-10(8-12)6-4-9/h3-6,12H,1-2,8H2. The molecule has 0 saturated heterocycles. The first kappa shape index (κ1) is 8.76. The van der Waals surface area contributed by atoms with Gasteiger partial charge in [0, 0.05) is 6.42 Å². The number of hydrogen-bond acceptors (Lipinski definition) is 2. The Hall–Kier alpha value is -1.33. The zero-order valence-electron chi connectivity index (χ0n) is 6.83. The molecular weight excluding hydrogens is 150 g/mol. The predicted octanol–water partition coefficient (Wildman–Crippen LogP) is 1.64. The monoisotopic (exact) mass is 161 g/mol. The van der Waals surface area contributed by atoms with E-state index in [9.17, 15) is 0 Å². The molecule has 62 valence electrons. The zero-order valence-corrected chi connectivity index (χ0v) is 6.83. The number of nitriles is 1. The van der Waals surface area contributed by atoms with E-state index in [1.54, 1.807) is 0 Å². The molecule has 0 amide bonds. The van der Waals surface area contributed by atoms with Crippen LogP contribution >= 0.6 is 0 Å². The van der Waals surface area contributed by atoms with E-state index in [4.69, 9.17) is 10.4 Å². The highest BCUT2D eigenvalue weighted by molar-refractivity contribution is 5.22. The molecule has 2 heteroatoms. The molecule has 0 radical (unpaired) electrons. The fourth-order valence-corrected chi connectivity index (χ4v) is 1.01. The fraction of sp³-hybridized carbons (Fsp3) is 0.300. The van der Waals surface area contributed by atoms with Crippen molar-refractivity contribution in [3.63, 3.8) is 0 Å². The Morgan fingerprint density at radius 1 is 1.17 bits per heavy atom. The van der Waals surface area contributed by atoms with Crippen molar-refractivity contribution in [1.82, 2.24) is 0 Å². The van der Waals surface area contributed by atoms with Crippen molar-refractivity contribution in [2.75, 3.05) is 0 Å². The van der Waals surface area contributed by atoms with Crippen LogP contribution in [-0.4, -0.2) is 5.11 Å². The van der Waals surface area contributed by atoms with Gasteiger partial charge >= 0.3 is 0 Å². The summed E-state index contributed by atoms with van der Waals surface area (Å²) in [5.41, 5.74) is 2.06. The van der Waals surface area contributed by atoms with Crippen LogP contribution in [0, 0.1) is 11.3 Å². The van der Waals surface area contributed by atoms with Crippen LogP contribution < -0.4 is 0 Å². The van der Waals surface area contributed by atoms with Gasteiger partial charge in [0.15, 0.2) is 0 Å². The van der Waals surface area contributed by atoms with Crippen LogP contribution in [0.5, 0.6) is 0 Å². The SMILES string of the molecule is N#CCCc1ccc(CO)cc1. The van der Waals surface area contributed by atoms with Gasteiger partial charge in [-0.2, -0.15) is 5.26 Å². The molecule has 2 nitrogen and oxygen atoms in total. The fourth-order valence-electron chi connectivity index (χ4n) is 1.01. The number of aryl methyl sites for hydroxylation is 1. The van der Waals surface area contributed by atoms with E-state index in [1.165, 1.54) is 0 Å². The van der Waals surface area contributed by atoms with Crippen molar-refractivity contribution in [2.24, 2.45) is 0 Å². The summed E-state index contributed by atoms with van der Waals surface area (Å²) in [4.78, 5) is 0. The van der Waals surface area contributed by atoms with E-state index >= 15 is 0 Å². The summed E-state index contributed by atoms with van der Waals surface area (Å²) in [6.45, 7) is 0.0819. The quantitative estimate of drug-likeness (QED) is 0.732. The minimum Gasteiger partial charge on any atom is -0.392 e. The van der Waals surface area contributed by atoms with Crippen LogP contribution in [0.15, 0.2) is 24.3 Å². The molecule has 0 aromatic heterocycles. The number of rotatable bonds is 3. The Bertz CT molecular complexity index is 271. The van der Waals surface area contributed by atoms with Gasteiger partial charge in [0.1, 0.15) is 0 Å². The average Bonchev–Trinajstić information content (AvgIpc) is 2.15. The van der Waals surface area contributed by atoms with Crippen molar-refractivity contribution < 1.29 is 5.11 Å². The molecule has 0 saturated carbocycles. The molecule has 0 aliphatic rings. The molecule has 12 heavy (non-hydrogen) atoms. The summed E-state index contributed by atoms with van der Waals surface area (Å²) in [5.74, 6) is 0. The molecule has 0 unspecified atom stereocenters. The van der Waals surface area contributed by atoms with E-state index in [2.05, 4.69) is 6.07 Å². The Morgan fingerprint density at radius 3 is 2.25 bits per heavy atom. The molecule has 0 spiro atoms. The second-order valence-electron chi connectivity index (χ2n) is 2.63. The molecular formula is C10H11NO. The lowest BCUT2D eigenvalue weighted by Gasteiger charge is -1.98. The lowest BCUT2D eigenvalue weighted by Crippen LogP contribution is -1.86. The highest BCUT2D eigenvalue weighted by Gasteiger charge is 1.92. The van der Waals surface area contributed by atoms with Crippen molar-refractivity contribution in [3.8, 4) is 6.07 Å². The molecule has 0 aliphatic carbocycles. The minimum absolute atomic E-state index is 0.0819. The maximum Gasteiger partial charge on any atom is 0.0681 e.